The highest BCUT2D eigenvalue weighted by Gasteiger charge is 2.68. The van der Waals surface area contributed by atoms with Crippen LogP contribution in [0.4, 0.5) is 4.39 Å². The van der Waals surface area contributed by atoms with Gasteiger partial charge in [-0.2, -0.15) is 0 Å². The number of benzene rings is 1. The second-order valence-corrected chi connectivity index (χ2v) is 7.35. The predicted molar refractivity (Wildman–Crippen MR) is 74.3 cm³/mol. The topological polar surface area (TPSA) is 20.2 Å². The largest absolute Gasteiger partial charge is 0.388 e. The van der Waals surface area contributed by atoms with E-state index in [0.717, 1.165) is 12.8 Å². The van der Waals surface area contributed by atoms with E-state index in [1.165, 1.54) is 12.5 Å². The molecule has 1 nitrogen and oxygen atoms in total. The van der Waals surface area contributed by atoms with Gasteiger partial charge in [0, 0.05) is 6.42 Å². The van der Waals surface area contributed by atoms with E-state index in [4.69, 9.17) is 0 Å². The quantitative estimate of drug-likeness (QED) is 0.855. The highest BCUT2D eigenvalue weighted by Crippen LogP contribution is 2.68. The first-order valence-corrected chi connectivity index (χ1v) is 7.26. The summed E-state index contributed by atoms with van der Waals surface area (Å²) < 4.78 is 13.9. The molecule has 2 bridgehead atoms. The summed E-state index contributed by atoms with van der Waals surface area (Å²) in [6.07, 6.45) is 3.76. The Balaban J connectivity index is 2.01. The second kappa shape index (κ2) is 3.82. The zero-order valence-corrected chi connectivity index (χ0v) is 12.0. The molecule has 0 amide bonds. The minimum absolute atomic E-state index is 0.0660. The highest BCUT2D eigenvalue weighted by atomic mass is 19.1. The summed E-state index contributed by atoms with van der Waals surface area (Å²) in [7, 11) is 0. The molecule has 0 aliphatic heterocycles. The standard InChI is InChI=1S/C17H23FO/c1-15(2)13-8-9-16(3,11-13)17(15,19)10-12-6-4-5-7-14(12)18/h4-7,13,19H,8-11H2,1-3H3. The smallest absolute Gasteiger partial charge is 0.126 e. The zero-order chi connectivity index (χ0) is 13.9. The monoisotopic (exact) mass is 262 g/mol. The first-order chi connectivity index (χ1) is 8.80. The van der Waals surface area contributed by atoms with Crippen LogP contribution in [-0.4, -0.2) is 10.7 Å². The highest BCUT2D eigenvalue weighted by molar-refractivity contribution is 5.26. The van der Waals surface area contributed by atoms with Crippen LogP contribution >= 0.6 is 0 Å². The van der Waals surface area contributed by atoms with Crippen LogP contribution in [0.2, 0.25) is 0 Å². The molecule has 2 fully saturated rings. The van der Waals surface area contributed by atoms with Crippen molar-refractivity contribution in [1.29, 1.82) is 0 Å². The molecule has 2 saturated carbocycles. The van der Waals surface area contributed by atoms with Gasteiger partial charge in [-0.1, -0.05) is 39.0 Å². The van der Waals surface area contributed by atoms with Crippen molar-refractivity contribution in [2.75, 3.05) is 0 Å². The molecule has 1 aromatic carbocycles. The maximum absolute atomic E-state index is 13.9. The molecule has 3 rings (SSSR count). The van der Waals surface area contributed by atoms with Gasteiger partial charge in [0.1, 0.15) is 5.82 Å². The van der Waals surface area contributed by atoms with Gasteiger partial charge in [-0.15, -0.1) is 0 Å². The van der Waals surface area contributed by atoms with Gasteiger partial charge in [0.2, 0.25) is 0 Å². The Kier molecular flexibility index (Phi) is 2.63. The summed E-state index contributed by atoms with van der Waals surface area (Å²) in [6, 6.07) is 6.85. The van der Waals surface area contributed by atoms with Crippen LogP contribution in [0.5, 0.6) is 0 Å². The first kappa shape index (κ1) is 13.1. The van der Waals surface area contributed by atoms with Gasteiger partial charge in [-0.25, -0.2) is 4.39 Å². The van der Waals surface area contributed by atoms with Gasteiger partial charge in [0.25, 0.3) is 0 Å². The Morgan fingerprint density at radius 1 is 1.26 bits per heavy atom. The van der Waals surface area contributed by atoms with E-state index in [-0.39, 0.29) is 16.6 Å². The molecule has 2 aliphatic rings. The number of fused-ring (bicyclic) bond motifs is 2. The normalized spacial score (nSPS) is 39.7. The molecule has 0 heterocycles. The number of rotatable bonds is 2. The van der Waals surface area contributed by atoms with E-state index in [1.54, 1.807) is 12.1 Å². The lowest BCUT2D eigenvalue weighted by Gasteiger charge is -2.51. The van der Waals surface area contributed by atoms with E-state index < -0.39 is 5.60 Å². The molecular weight excluding hydrogens is 239 g/mol. The third-order valence-corrected chi connectivity index (χ3v) is 6.23. The predicted octanol–water partition coefficient (Wildman–Crippen LogP) is 3.95. The Morgan fingerprint density at radius 3 is 2.53 bits per heavy atom. The molecule has 3 unspecified atom stereocenters. The summed E-state index contributed by atoms with van der Waals surface area (Å²) in [5.41, 5.74) is -0.358. The Hall–Kier alpha value is -0.890. The SMILES string of the molecule is CC12CCC(C1)C(C)(C)C2(O)Cc1ccccc1F. The van der Waals surface area contributed by atoms with Crippen LogP contribution in [0.1, 0.15) is 45.6 Å². The Morgan fingerprint density at radius 2 is 1.95 bits per heavy atom. The van der Waals surface area contributed by atoms with Gasteiger partial charge in [0.05, 0.1) is 5.60 Å². The van der Waals surface area contributed by atoms with Gasteiger partial charge in [-0.3, -0.25) is 0 Å². The van der Waals surface area contributed by atoms with Gasteiger partial charge in [-0.05, 0) is 47.6 Å². The van der Waals surface area contributed by atoms with Crippen molar-refractivity contribution in [2.24, 2.45) is 16.7 Å². The van der Waals surface area contributed by atoms with E-state index in [2.05, 4.69) is 20.8 Å². The fourth-order valence-electron chi connectivity index (χ4n) is 4.71. The summed E-state index contributed by atoms with van der Waals surface area (Å²) in [5.74, 6) is 0.368. The number of halogens is 1. The van der Waals surface area contributed by atoms with Gasteiger partial charge in [0.15, 0.2) is 0 Å². The van der Waals surface area contributed by atoms with E-state index >= 15 is 0 Å². The van der Waals surface area contributed by atoms with E-state index in [1.807, 2.05) is 6.07 Å². The molecule has 0 aromatic heterocycles. The van der Waals surface area contributed by atoms with E-state index in [9.17, 15) is 9.50 Å². The fraction of sp³-hybridized carbons (Fsp3) is 0.647. The Bertz CT molecular complexity index is 503. The van der Waals surface area contributed by atoms with Crippen molar-refractivity contribution in [2.45, 2.75) is 52.1 Å². The summed E-state index contributed by atoms with van der Waals surface area (Å²) in [5, 5.41) is 11.4. The minimum Gasteiger partial charge on any atom is -0.388 e. The molecule has 104 valence electrons. The van der Waals surface area contributed by atoms with Crippen molar-refractivity contribution in [3.05, 3.63) is 35.6 Å². The molecule has 2 aliphatic carbocycles. The third-order valence-electron chi connectivity index (χ3n) is 6.23. The Labute approximate surface area is 114 Å². The fourth-order valence-corrected chi connectivity index (χ4v) is 4.71. The maximum Gasteiger partial charge on any atom is 0.126 e. The van der Waals surface area contributed by atoms with Crippen molar-refractivity contribution in [3.63, 3.8) is 0 Å². The minimum atomic E-state index is -0.800. The van der Waals surface area contributed by atoms with Crippen LogP contribution in [0, 0.1) is 22.6 Å². The van der Waals surface area contributed by atoms with Crippen LogP contribution in [0.3, 0.4) is 0 Å². The van der Waals surface area contributed by atoms with Crippen molar-refractivity contribution in [3.8, 4) is 0 Å². The maximum atomic E-state index is 13.9. The first-order valence-electron chi connectivity index (χ1n) is 7.26. The number of aliphatic hydroxyl groups is 1. The lowest BCUT2D eigenvalue weighted by molar-refractivity contribution is -0.142. The molecule has 19 heavy (non-hydrogen) atoms. The molecule has 2 heteroatoms. The molecule has 3 atom stereocenters. The van der Waals surface area contributed by atoms with Crippen LogP contribution in [-0.2, 0) is 6.42 Å². The van der Waals surface area contributed by atoms with Gasteiger partial charge >= 0.3 is 0 Å². The molecule has 1 N–H and O–H groups in total. The lowest BCUT2D eigenvalue weighted by Crippen LogP contribution is -2.55. The van der Waals surface area contributed by atoms with Crippen LogP contribution in [0.25, 0.3) is 0 Å². The summed E-state index contributed by atoms with van der Waals surface area (Å²) >= 11 is 0. The average molecular weight is 262 g/mol. The molecular formula is C17H23FO. The van der Waals surface area contributed by atoms with Crippen molar-refractivity contribution < 1.29 is 9.50 Å². The molecule has 0 spiro atoms. The molecule has 0 saturated heterocycles. The third kappa shape index (κ3) is 1.56. The number of hydrogen-bond acceptors (Lipinski definition) is 1. The lowest BCUT2D eigenvalue weighted by atomic mass is 9.58. The zero-order valence-electron chi connectivity index (χ0n) is 12.0. The van der Waals surface area contributed by atoms with Crippen LogP contribution < -0.4 is 0 Å². The number of hydrogen-bond donors (Lipinski definition) is 1. The van der Waals surface area contributed by atoms with E-state index in [0.29, 0.717) is 17.9 Å². The molecule has 0 radical (unpaired) electrons. The van der Waals surface area contributed by atoms with Crippen molar-refractivity contribution >= 4 is 0 Å². The van der Waals surface area contributed by atoms with Crippen molar-refractivity contribution in [1.82, 2.24) is 0 Å². The van der Waals surface area contributed by atoms with Gasteiger partial charge < -0.3 is 5.11 Å². The second-order valence-electron chi connectivity index (χ2n) is 7.35. The summed E-state index contributed by atoms with van der Waals surface area (Å²) in [6.45, 7) is 6.49. The molecule has 1 aromatic rings. The summed E-state index contributed by atoms with van der Waals surface area (Å²) in [4.78, 5) is 0. The van der Waals surface area contributed by atoms with Crippen LogP contribution in [0.15, 0.2) is 24.3 Å². The average Bonchev–Trinajstić information content (AvgIpc) is 2.81.